The Morgan fingerprint density at radius 1 is 1.86 bits per heavy atom. The first-order chi connectivity index (χ1) is 3.43. The lowest BCUT2D eigenvalue weighted by molar-refractivity contribution is 0.566. The van der Waals surface area contributed by atoms with Crippen molar-refractivity contribution in [3.63, 3.8) is 0 Å². The molecule has 1 rings (SSSR count). The molecule has 0 aromatic heterocycles. The van der Waals surface area contributed by atoms with Gasteiger partial charge in [-0.05, 0) is 6.08 Å². The third kappa shape index (κ3) is 0.699. The van der Waals surface area contributed by atoms with Gasteiger partial charge >= 0.3 is 0 Å². The predicted octanol–water partition coefficient (Wildman–Crippen LogP) is -0.139. The largest absolute Gasteiger partial charge is 0.373 e. The lowest BCUT2D eigenvalue weighted by atomic mass is 10.5. The van der Waals surface area contributed by atoms with Crippen molar-refractivity contribution in [2.24, 2.45) is 0 Å². The van der Waals surface area contributed by atoms with Gasteiger partial charge in [0, 0.05) is 6.54 Å². The van der Waals surface area contributed by atoms with E-state index in [1.54, 1.807) is 12.0 Å². The molecule has 1 heterocycles. The molecule has 0 saturated heterocycles. The van der Waals surface area contributed by atoms with E-state index in [2.05, 4.69) is 5.32 Å². The van der Waals surface area contributed by atoms with Crippen LogP contribution in [0.1, 0.15) is 0 Å². The van der Waals surface area contributed by atoms with E-state index in [1.807, 2.05) is 6.08 Å². The van der Waals surface area contributed by atoms with E-state index in [4.69, 9.17) is 0 Å². The van der Waals surface area contributed by atoms with Crippen molar-refractivity contribution in [2.75, 3.05) is 6.54 Å². The topological polar surface area (TPSA) is 29.1 Å². The molecule has 1 aliphatic rings. The summed E-state index contributed by atoms with van der Waals surface area (Å²) in [6, 6.07) is 0. The number of hydrogen-bond acceptors (Lipinski definition) is 2. The van der Waals surface area contributed by atoms with E-state index in [9.17, 15) is 4.79 Å². The molecule has 0 bridgehead atoms. The molecular weight excluding hydrogens is 90.1 g/mol. The molecule has 0 radical (unpaired) electrons. The van der Waals surface area contributed by atoms with E-state index < -0.39 is 0 Å². The summed E-state index contributed by atoms with van der Waals surface area (Å²) in [5.74, 6) is 1.73. The van der Waals surface area contributed by atoms with Crippen molar-refractivity contribution in [3.05, 3.63) is 17.8 Å². The van der Waals surface area contributed by atoms with Crippen molar-refractivity contribution >= 4 is 5.94 Å². The first-order valence-electron chi connectivity index (χ1n) is 2.09. The Kier molecular flexibility index (Phi) is 0.966. The van der Waals surface area contributed by atoms with Gasteiger partial charge in [0.15, 0.2) is 0 Å². The zero-order chi connectivity index (χ0) is 5.11. The Hall–Kier alpha value is -1.01. The van der Waals surface area contributed by atoms with Crippen molar-refractivity contribution < 1.29 is 4.79 Å². The Labute approximate surface area is 41.5 Å². The lowest BCUT2D eigenvalue weighted by Crippen LogP contribution is -2.04. The van der Waals surface area contributed by atoms with Crippen LogP contribution in [0.2, 0.25) is 0 Å². The van der Waals surface area contributed by atoms with Crippen LogP contribution in [-0.2, 0) is 4.79 Å². The first kappa shape index (κ1) is 4.16. The lowest BCUT2D eigenvalue weighted by Gasteiger charge is -1.84. The van der Waals surface area contributed by atoms with Gasteiger partial charge in [0.25, 0.3) is 0 Å². The molecule has 0 saturated carbocycles. The maximum absolute atomic E-state index is 9.73. The van der Waals surface area contributed by atoms with E-state index in [-0.39, 0.29) is 0 Å². The monoisotopic (exact) mass is 95.0 g/mol. The Bertz CT molecular complexity index is 142. The van der Waals surface area contributed by atoms with Gasteiger partial charge in [-0.25, -0.2) is 4.79 Å². The Balaban J connectivity index is 2.77. The molecule has 7 heavy (non-hydrogen) atoms. The van der Waals surface area contributed by atoms with Gasteiger partial charge in [0.1, 0.15) is 11.6 Å². The zero-order valence-corrected chi connectivity index (χ0v) is 3.77. The molecule has 0 aliphatic carbocycles. The maximum Gasteiger partial charge on any atom is 0.150 e. The molecule has 1 N–H and O–H groups in total. The quantitative estimate of drug-likeness (QED) is 0.424. The average molecular weight is 95.1 g/mol. The normalized spacial score (nSPS) is 16.3. The fourth-order valence-corrected chi connectivity index (χ4v) is 0.475. The van der Waals surface area contributed by atoms with Gasteiger partial charge in [-0.15, -0.1) is 0 Å². The predicted molar refractivity (Wildman–Crippen MR) is 26.3 cm³/mol. The van der Waals surface area contributed by atoms with Crippen LogP contribution in [0.5, 0.6) is 0 Å². The molecule has 0 aromatic rings. The van der Waals surface area contributed by atoms with Gasteiger partial charge in [0.2, 0.25) is 0 Å². The fourth-order valence-electron chi connectivity index (χ4n) is 0.475. The summed E-state index contributed by atoms with van der Waals surface area (Å²) >= 11 is 0. The van der Waals surface area contributed by atoms with Gasteiger partial charge in [0.05, 0.1) is 0 Å². The smallest absolute Gasteiger partial charge is 0.150 e. The van der Waals surface area contributed by atoms with Crippen LogP contribution in [0.4, 0.5) is 0 Å². The highest BCUT2D eigenvalue weighted by molar-refractivity contribution is 5.57. The molecule has 0 aromatic carbocycles. The number of allylic oxidation sites excluding steroid dienone is 1. The summed E-state index contributed by atoms with van der Waals surface area (Å²) in [6.45, 7) is 0.768. The van der Waals surface area contributed by atoms with Crippen LogP contribution >= 0.6 is 0 Å². The van der Waals surface area contributed by atoms with Crippen molar-refractivity contribution in [1.29, 1.82) is 0 Å². The molecular formula is C5H5NO. The van der Waals surface area contributed by atoms with Gasteiger partial charge in [-0.3, -0.25) is 0 Å². The van der Waals surface area contributed by atoms with E-state index in [0.717, 1.165) is 6.54 Å². The Morgan fingerprint density at radius 3 is 3.00 bits per heavy atom. The summed E-state index contributed by atoms with van der Waals surface area (Å²) in [5.41, 5.74) is 0.556. The molecule has 36 valence electrons. The second-order valence-electron chi connectivity index (χ2n) is 1.30. The highest BCUT2D eigenvalue weighted by Crippen LogP contribution is 1.90. The second kappa shape index (κ2) is 1.63. The molecule has 1 aliphatic heterocycles. The SMILES string of the molecule is O=C=C1C=CCN1. The first-order valence-corrected chi connectivity index (χ1v) is 2.09. The summed E-state index contributed by atoms with van der Waals surface area (Å²) in [7, 11) is 0. The van der Waals surface area contributed by atoms with Crippen molar-refractivity contribution in [1.82, 2.24) is 5.32 Å². The van der Waals surface area contributed by atoms with Crippen LogP contribution in [0.3, 0.4) is 0 Å². The van der Waals surface area contributed by atoms with Gasteiger partial charge < -0.3 is 5.32 Å². The van der Waals surface area contributed by atoms with E-state index in [0.29, 0.717) is 5.70 Å². The summed E-state index contributed by atoms with van der Waals surface area (Å²) in [5, 5.41) is 2.79. The van der Waals surface area contributed by atoms with Crippen molar-refractivity contribution in [3.8, 4) is 0 Å². The zero-order valence-electron chi connectivity index (χ0n) is 3.77. The highest BCUT2D eigenvalue weighted by Gasteiger charge is 1.93. The van der Waals surface area contributed by atoms with Gasteiger partial charge in [-0.1, -0.05) is 6.08 Å². The molecule has 2 heteroatoms. The third-order valence-electron chi connectivity index (χ3n) is 0.805. The molecule has 0 atom stereocenters. The van der Waals surface area contributed by atoms with Crippen LogP contribution in [0, 0.1) is 0 Å². The minimum Gasteiger partial charge on any atom is -0.373 e. The van der Waals surface area contributed by atoms with Crippen LogP contribution < -0.4 is 5.32 Å². The van der Waals surface area contributed by atoms with Gasteiger partial charge in [-0.2, -0.15) is 0 Å². The summed E-state index contributed by atoms with van der Waals surface area (Å²) < 4.78 is 0. The van der Waals surface area contributed by atoms with Crippen molar-refractivity contribution in [2.45, 2.75) is 0 Å². The number of nitrogens with one attached hydrogen (secondary N) is 1. The molecule has 0 amide bonds. The number of carbonyl (C=O) groups excluding carboxylic acids is 1. The minimum atomic E-state index is 0.556. The molecule has 2 nitrogen and oxygen atoms in total. The fraction of sp³-hybridized carbons (Fsp3) is 0.200. The van der Waals surface area contributed by atoms with Crippen LogP contribution in [0.25, 0.3) is 0 Å². The number of hydrogen-bond donors (Lipinski definition) is 1. The van der Waals surface area contributed by atoms with Crippen LogP contribution in [-0.4, -0.2) is 12.5 Å². The summed E-state index contributed by atoms with van der Waals surface area (Å²) in [4.78, 5) is 9.73. The van der Waals surface area contributed by atoms with E-state index >= 15 is 0 Å². The molecule has 0 fully saturated rings. The summed E-state index contributed by atoms with van der Waals surface area (Å²) in [6.07, 6.45) is 3.59. The molecule has 0 spiro atoms. The second-order valence-corrected chi connectivity index (χ2v) is 1.30. The maximum atomic E-state index is 9.73. The third-order valence-corrected chi connectivity index (χ3v) is 0.805. The number of rotatable bonds is 0. The Morgan fingerprint density at radius 2 is 2.71 bits per heavy atom. The minimum absolute atomic E-state index is 0.556. The van der Waals surface area contributed by atoms with Crippen LogP contribution in [0.15, 0.2) is 17.8 Å². The average Bonchev–Trinajstić information content (AvgIpc) is 2.14. The highest BCUT2D eigenvalue weighted by atomic mass is 16.1. The van der Waals surface area contributed by atoms with E-state index in [1.165, 1.54) is 0 Å². The molecule has 0 unspecified atom stereocenters. The standard InChI is InChI=1S/C5H5NO/c7-4-5-2-1-3-6-5/h1-2,6H,3H2.